The Morgan fingerprint density at radius 3 is 2.93 bits per heavy atom. The number of pyridine rings is 1. The normalized spacial score (nSPS) is 24.7. The van der Waals surface area contributed by atoms with Crippen molar-refractivity contribution < 1.29 is 4.74 Å². The summed E-state index contributed by atoms with van der Waals surface area (Å²) in [6.07, 6.45) is 4.11. The summed E-state index contributed by atoms with van der Waals surface area (Å²) in [7, 11) is 1.75. The molecule has 1 fully saturated rings. The number of halogens is 2. The summed E-state index contributed by atoms with van der Waals surface area (Å²) >= 11 is 9.23. The van der Waals surface area contributed by atoms with Gasteiger partial charge in [0.25, 0.3) is 0 Å². The maximum Gasteiger partial charge on any atom is 0.140 e. The molecule has 0 bridgehead atoms. The molecule has 1 saturated carbocycles. The van der Waals surface area contributed by atoms with Gasteiger partial charge in [-0.15, -0.1) is 0 Å². The van der Waals surface area contributed by atoms with Crippen molar-refractivity contribution in [2.45, 2.75) is 25.0 Å². The minimum absolute atomic E-state index is 0.397. The molecule has 1 aromatic rings. The van der Waals surface area contributed by atoms with Gasteiger partial charge in [0, 0.05) is 19.3 Å². The van der Waals surface area contributed by atoms with Crippen molar-refractivity contribution in [3.05, 3.63) is 21.8 Å². The zero-order valence-electron chi connectivity index (χ0n) is 8.34. The van der Waals surface area contributed by atoms with Gasteiger partial charge in [0.1, 0.15) is 5.82 Å². The Hall–Kier alpha value is -0.320. The fourth-order valence-corrected chi connectivity index (χ4v) is 2.34. The van der Waals surface area contributed by atoms with E-state index in [-0.39, 0.29) is 0 Å². The van der Waals surface area contributed by atoms with E-state index >= 15 is 0 Å². The number of hydrogen-bond donors (Lipinski definition) is 1. The Kier molecular flexibility index (Phi) is 3.49. The second kappa shape index (κ2) is 4.68. The number of nitrogens with zero attached hydrogens (tertiary/aromatic N) is 1. The molecule has 5 heteroatoms. The third kappa shape index (κ3) is 2.62. The molecule has 0 unspecified atom stereocenters. The SMILES string of the molecule is COC1CC(Nc2ncc(Cl)cc2Br)C1. The number of hydrogen-bond acceptors (Lipinski definition) is 3. The lowest BCUT2D eigenvalue weighted by molar-refractivity contribution is 0.0328. The van der Waals surface area contributed by atoms with Crippen molar-refractivity contribution in [2.75, 3.05) is 12.4 Å². The van der Waals surface area contributed by atoms with Crippen LogP contribution in [0.25, 0.3) is 0 Å². The maximum atomic E-state index is 5.81. The predicted octanol–water partition coefficient (Wildman–Crippen LogP) is 3.09. The molecule has 1 aliphatic carbocycles. The summed E-state index contributed by atoms with van der Waals surface area (Å²) < 4.78 is 6.11. The Balaban J connectivity index is 1.94. The Labute approximate surface area is 102 Å². The molecule has 1 N–H and O–H groups in total. The van der Waals surface area contributed by atoms with E-state index in [1.165, 1.54) is 0 Å². The van der Waals surface area contributed by atoms with E-state index in [0.717, 1.165) is 23.1 Å². The van der Waals surface area contributed by atoms with E-state index in [1.807, 2.05) is 6.07 Å². The average Bonchev–Trinajstić information content (AvgIpc) is 2.13. The van der Waals surface area contributed by atoms with Crippen LogP contribution in [0.2, 0.25) is 5.02 Å². The van der Waals surface area contributed by atoms with Crippen molar-refractivity contribution in [3.8, 4) is 0 Å². The molecule has 1 heterocycles. The molecule has 0 aromatic carbocycles. The molecule has 0 aliphatic heterocycles. The van der Waals surface area contributed by atoms with Crippen LogP contribution in [0, 0.1) is 0 Å². The van der Waals surface area contributed by atoms with Crippen LogP contribution in [0.15, 0.2) is 16.7 Å². The third-order valence-corrected chi connectivity index (χ3v) is 3.39. The zero-order valence-corrected chi connectivity index (χ0v) is 10.7. The molecule has 15 heavy (non-hydrogen) atoms. The van der Waals surface area contributed by atoms with Crippen molar-refractivity contribution in [1.82, 2.24) is 4.98 Å². The van der Waals surface area contributed by atoms with E-state index in [2.05, 4.69) is 26.2 Å². The minimum atomic E-state index is 0.397. The molecule has 2 rings (SSSR count). The number of nitrogens with one attached hydrogen (secondary N) is 1. The Bertz CT molecular complexity index is 355. The monoisotopic (exact) mass is 290 g/mol. The smallest absolute Gasteiger partial charge is 0.140 e. The molecule has 82 valence electrons. The molecular weight excluding hydrogens is 279 g/mol. The van der Waals surface area contributed by atoms with Crippen molar-refractivity contribution >= 4 is 33.3 Å². The molecule has 0 atom stereocenters. The van der Waals surface area contributed by atoms with E-state index in [4.69, 9.17) is 16.3 Å². The largest absolute Gasteiger partial charge is 0.381 e. The number of ether oxygens (including phenoxy) is 1. The third-order valence-electron chi connectivity index (χ3n) is 2.58. The molecule has 0 spiro atoms. The fourth-order valence-electron chi connectivity index (χ4n) is 1.59. The standard InChI is InChI=1S/C10H12BrClN2O/c1-15-8-3-7(4-8)14-10-9(11)2-6(12)5-13-10/h2,5,7-8H,3-4H2,1H3,(H,13,14). The van der Waals surface area contributed by atoms with Gasteiger partial charge in [-0.2, -0.15) is 0 Å². The summed E-state index contributed by atoms with van der Waals surface area (Å²) in [6.45, 7) is 0. The van der Waals surface area contributed by atoms with Gasteiger partial charge < -0.3 is 10.1 Å². The van der Waals surface area contributed by atoms with E-state index in [0.29, 0.717) is 17.2 Å². The van der Waals surface area contributed by atoms with Gasteiger partial charge in [0.2, 0.25) is 0 Å². The number of aromatic nitrogens is 1. The molecule has 0 saturated heterocycles. The van der Waals surface area contributed by atoms with E-state index in [9.17, 15) is 0 Å². The topological polar surface area (TPSA) is 34.1 Å². The first-order valence-electron chi connectivity index (χ1n) is 4.79. The van der Waals surface area contributed by atoms with Gasteiger partial charge in [-0.1, -0.05) is 11.6 Å². The van der Waals surface area contributed by atoms with E-state index in [1.54, 1.807) is 13.3 Å². The number of methoxy groups -OCH3 is 1. The molecule has 1 aliphatic rings. The quantitative estimate of drug-likeness (QED) is 0.929. The van der Waals surface area contributed by atoms with E-state index < -0.39 is 0 Å². The van der Waals surface area contributed by atoms with Crippen LogP contribution >= 0.6 is 27.5 Å². The summed E-state index contributed by atoms with van der Waals surface area (Å²) in [4.78, 5) is 4.22. The van der Waals surface area contributed by atoms with Gasteiger partial charge in [-0.05, 0) is 34.8 Å². The van der Waals surface area contributed by atoms with Crippen LogP contribution in [0.4, 0.5) is 5.82 Å². The van der Waals surface area contributed by atoms with Gasteiger partial charge in [0.15, 0.2) is 0 Å². The van der Waals surface area contributed by atoms with Gasteiger partial charge >= 0.3 is 0 Å². The van der Waals surface area contributed by atoms with Crippen LogP contribution in [0.5, 0.6) is 0 Å². The van der Waals surface area contributed by atoms with Gasteiger partial charge in [0.05, 0.1) is 15.6 Å². The van der Waals surface area contributed by atoms with Gasteiger partial charge in [-0.3, -0.25) is 0 Å². The summed E-state index contributed by atoms with van der Waals surface area (Å²) in [5.41, 5.74) is 0. The summed E-state index contributed by atoms with van der Waals surface area (Å²) in [6, 6.07) is 2.29. The number of anilines is 1. The van der Waals surface area contributed by atoms with Crippen molar-refractivity contribution in [1.29, 1.82) is 0 Å². The second-order valence-corrected chi connectivity index (χ2v) is 4.95. The average molecular weight is 292 g/mol. The van der Waals surface area contributed by atoms with Crippen LogP contribution < -0.4 is 5.32 Å². The highest BCUT2D eigenvalue weighted by molar-refractivity contribution is 9.10. The van der Waals surface area contributed by atoms with Crippen LogP contribution in [0.1, 0.15) is 12.8 Å². The molecule has 0 amide bonds. The predicted molar refractivity (Wildman–Crippen MR) is 64.4 cm³/mol. The molecule has 3 nitrogen and oxygen atoms in total. The van der Waals surface area contributed by atoms with Crippen LogP contribution in [0.3, 0.4) is 0 Å². The highest BCUT2D eigenvalue weighted by atomic mass is 79.9. The highest BCUT2D eigenvalue weighted by Gasteiger charge is 2.29. The summed E-state index contributed by atoms with van der Waals surface area (Å²) in [5, 5.41) is 3.98. The molecular formula is C10H12BrClN2O. The Morgan fingerprint density at radius 2 is 2.33 bits per heavy atom. The Morgan fingerprint density at radius 1 is 1.60 bits per heavy atom. The van der Waals surface area contributed by atoms with Crippen LogP contribution in [-0.2, 0) is 4.74 Å². The molecule has 1 aromatic heterocycles. The maximum absolute atomic E-state index is 5.81. The highest BCUT2D eigenvalue weighted by Crippen LogP contribution is 2.29. The lowest BCUT2D eigenvalue weighted by atomic mass is 9.89. The zero-order chi connectivity index (χ0) is 10.8. The first kappa shape index (κ1) is 11.2. The first-order chi connectivity index (χ1) is 7.19. The lowest BCUT2D eigenvalue weighted by Gasteiger charge is -2.35. The van der Waals surface area contributed by atoms with Crippen molar-refractivity contribution in [3.63, 3.8) is 0 Å². The first-order valence-corrected chi connectivity index (χ1v) is 5.96. The molecule has 0 radical (unpaired) electrons. The number of rotatable bonds is 3. The van der Waals surface area contributed by atoms with Gasteiger partial charge in [-0.25, -0.2) is 4.98 Å². The fraction of sp³-hybridized carbons (Fsp3) is 0.500. The van der Waals surface area contributed by atoms with Crippen LogP contribution in [-0.4, -0.2) is 24.2 Å². The minimum Gasteiger partial charge on any atom is -0.381 e. The summed E-state index contributed by atoms with van der Waals surface area (Å²) in [5.74, 6) is 0.846. The lowest BCUT2D eigenvalue weighted by Crippen LogP contribution is -2.40. The second-order valence-electron chi connectivity index (χ2n) is 3.65. The van der Waals surface area contributed by atoms with Crippen molar-refractivity contribution in [2.24, 2.45) is 0 Å².